The molecular formula is C18H21N3O4S. The van der Waals surface area contributed by atoms with E-state index in [9.17, 15) is 4.79 Å². The van der Waals surface area contributed by atoms with E-state index in [1.54, 1.807) is 0 Å². The van der Waals surface area contributed by atoms with Gasteiger partial charge in [-0.25, -0.2) is 0 Å². The third kappa shape index (κ3) is 3.80. The van der Waals surface area contributed by atoms with Crippen molar-refractivity contribution in [1.29, 1.82) is 0 Å². The lowest BCUT2D eigenvalue weighted by Crippen LogP contribution is -2.40. The highest BCUT2D eigenvalue weighted by Gasteiger charge is 2.23. The monoisotopic (exact) mass is 375 g/mol. The highest BCUT2D eigenvalue weighted by atomic mass is 32.2. The Hall–Kier alpha value is -2.22. The van der Waals surface area contributed by atoms with Crippen LogP contribution in [0.25, 0.3) is 11.5 Å². The van der Waals surface area contributed by atoms with Gasteiger partial charge < -0.3 is 19.2 Å². The molecule has 0 radical (unpaired) electrons. The predicted molar refractivity (Wildman–Crippen MR) is 96.2 cm³/mol. The zero-order valence-electron chi connectivity index (χ0n) is 14.6. The van der Waals surface area contributed by atoms with Crippen molar-refractivity contribution >= 4 is 17.7 Å². The van der Waals surface area contributed by atoms with Gasteiger partial charge in [-0.2, -0.15) is 0 Å². The molecule has 1 atom stereocenters. The molecule has 1 saturated carbocycles. The molecule has 1 aliphatic carbocycles. The number of hydrogen-bond donors (Lipinski definition) is 1. The number of fused-ring (bicyclic) bond motifs is 1. The Labute approximate surface area is 155 Å². The second-order valence-corrected chi connectivity index (χ2v) is 7.84. The molecule has 138 valence electrons. The molecule has 1 fully saturated rings. The summed E-state index contributed by atoms with van der Waals surface area (Å²) in [6.45, 7) is 2.07. The minimum Gasteiger partial charge on any atom is -0.454 e. The second-order valence-electron chi connectivity index (χ2n) is 6.54. The Morgan fingerprint density at radius 3 is 2.85 bits per heavy atom. The van der Waals surface area contributed by atoms with Gasteiger partial charge in [0.05, 0.1) is 5.25 Å². The molecule has 1 N–H and O–H groups in total. The molecule has 1 unspecified atom stereocenters. The van der Waals surface area contributed by atoms with Crippen LogP contribution in [0, 0.1) is 0 Å². The van der Waals surface area contributed by atoms with Crippen molar-refractivity contribution in [2.45, 2.75) is 55.5 Å². The van der Waals surface area contributed by atoms with E-state index in [2.05, 4.69) is 15.5 Å². The van der Waals surface area contributed by atoms with Crippen LogP contribution in [0.15, 0.2) is 27.8 Å². The molecule has 1 aromatic carbocycles. The summed E-state index contributed by atoms with van der Waals surface area (Å²) in [6, 6.07) is 5.76. The maximum absolute atomic E-state index is 12.4. The first kappa shape index (κ1) is 17.2. The molecule has 2 aromatic rings. The number of carbonyl (C=O) groups is 1. The Morgan fingerprint density at radius 2 is 2.00 bits per heavy atom. The van der Waals surface area contributed by atoms with E-state index in [1.807, 2.05) is 25.1 Å². The summed E-state index contributed by atoms with van der Waals surface area (Å²) >= 11 is 1.27. The minimum absolute atomic E-state index is 0.0183. The van der Waals surface area contributed by atoms with Gasteiger partial charge in [-0.15, -0.1) is 10.2 Å². The van der Waals surface area contributed by atoms with Crippen molar-refractivity contribution < 1.29 is 18.7 Å². The third-order valence-electron chi connectivity index (χ3n) is 4.62. The smallest absolute Gasteiger partial charge is 0.277 e. The van der Waals surface area contributed by atoms with Gasteiger partial charge in [0.1, 0.15) is 0 Å². The van der Waals surface area contributed by atoms with Crippen molar-refractivity contribution in [3.8, 4) is 23.0 Å². The van der Waals surface area contributed by atoms with Crippen LogP contribution < -0.4 is 14.8 Å². The quantitative estimate of drug-likeness (QED) is 0.802. The lowest BCUT2D eigenvalue weighted by atomic mass is 9.95. The Balaban J connectivity index is 1.37. The van der Waals surface area contributed by atoms with Gasteiger partial charge in [0, 0.05) is 11.6 Å². The Kier molecular flexibility index (Phi) is 5.01. The first-order valence-electron chi connectivity index (χ1n) is 8.89. The van der Waals surface area contributed by atoms with E-state index in [0.717, 1.165) is 18.4 Å². The summed E-state index contributed by atoms with van der Waals surface area (Å²) < 4.78 is 16.4. The molecule has 4 rings (SSSR count). The number of benzene rings is 1. The van der Waals surface area contributed by atoms with Crippen LogP contribution in [0.5, 0.6) is 11.5 Å². The Morgan fingerprint density at radius 1 is 1.19 bits per heavy atom. The average Bonchev–Trinajstić information content (AvgIpc) is 3.31. The van der Waals surface area contributed by atoms with Gasteiger partial charge in [0.2, 0.25) is 18.6 Å². The molecule has 8 heteroatoms. The fourth-order valence-corrected chi connectivity index (χ4v) is 3.87. The number of carbonyl (C=O) groups excluding carboxylic acids is 1. The minimum atomic E-state index is -0.290. The summed E-state index contributed by atoms with van der Waals surface area (Å²) in [5.74, 6) is 1.78. The molecule has 2 heterocycles. The summed E-state index contributed by atoms with van der Waals surface area (Å²) in [4.78, 5) is 12.4. The van der Waals surface area contributed by atoms with Crippen molar-refractivity contribution in [1.82, 2.24) is 15.5 Å². The topological polar surface area (TPSA) is 86.5 Å². The summed E-state index contributed by atoms with van der Waals surface area (Å²) in [5.41, 5.74) is 0.757. The van der Waals surface area contributed by atoms with Crippen LogP contribution >= 0.6 is 11.8 Å². The number of aromatic nitrogens is 2. The lowest BCUT2D eigenvalue weighted by Gasteiger charge is -2.23. The van der Waals surface area contributed by atoms with Gasteiger partial charge in [0.15, 0.2) is 11.5 Å². The molecule has 7 nitrogen and oxygen atoms in total. The van der Waals surface area contributed by atoms with Crippen molar-refractivity contribution in [3.63, 3.8) is 0 Å². The fraction of sp³-hybridized carbons (Fsp3) is 0.500. The van der Waals surface area contributed by atoms with E-state index in [4.69, 9.17) is 13.9 Å². The Bertz CT molecular complexity index is 788. The summed E-state index contributed by atoms with van der Waals surface area (Å²) in [7, 11) is 0. The highest BCUT2D eigenvalue weighted by Crippen LogP contribution is 2.36. The first-order valence-corrected chi connectivity index (χ1v) is 9.77. The van der Waals surface area contributed by atoms with Crippen LogP contribution in [0.3, 0.4) is 0 Å². The number of hydrogen-bond acceptors (Lipinski definition) is 7. The first-order chi connectivity index (χ1) is 12.7. The average molecular weight is 375 g/mol. The molecule has 0 spiro atoms. The molecule has 26 heavy (non-hydrogen) atoms. The van der Waals surface area contributed by atoms with Crippen LogP contribution in [-0.2, 0) is 4.79 Å². The molecule has 1 amide bonds. The zero-order valence-corrected chi connectivity index (χ0v) is 15.4. The van der Waals surface area contributed by atoms with Crippen molar-refractivity contribution in [2.24, 2.45) is 0 Å². The number of nitrogens with zero attached hydrogens (tertiary/aromatic N) is 2. The predicted octanol–water partition coefficient (Wildman–Crippen LogP) is 3.39. The van der Waals surface area contributed by atoms with E-state index in [-0.39, 0.29) is 18.0 Å². The molecular weight excluding hydrogens is 354 g/mol. The van der Waals surface area contributed by atoms with Gasteiger partial charge >= 0.3 is 0 Å². The van der Waals surface area contributed by atoms with E-state index >= 15 is 0 Å². The van der Waals surface area contributed by atoms with E-state index in [0.29, 0.717) is 28.7 Å². The number of thioether (sulfide) groups is 1. The zero-order chi connectivity index (χ0) is 17.9. The van der Waals surface area contributed by atoms with Crippen LogP contribution in [0.2, 0.25) is 0 Å². The maximum Gasteiger partial charge on any atom is 0.277 e. The highest BCUT2D eigenvalue weighted by molar-refractivity contribution is 8.00. The number of ether oxygens (including phenoxy) is 2. The fourth-order valence-electron chi connectivity index (χ4n) is 3.17. The van der Waals surface area contributed by atoms with Crippen molar-refractivity contribution in [3.05, 3.63) is 18.2 Å². The number of amides is 1. The standard InChI is InChI=1S/C18H21N3O4S/c1-11(16(22)19-13-5-3-2-4-6-13)26-18-21-20-17(25-18)12-7-8-14-15(9-12)24-10-23-14/h7-9,11,13H,2-6,10H2,1H3,(H,19,22). The maximum atomic E-state index is 12.4. The van der Waals surface area contributed by atoms with Gasteiger partial charge in [0.25, 0.3) is 5.22 Å². The molecule has 0 bridgehead atoms. The normalized spacial score (nSPS) is 17.9. The molecule has 2 aliphatic rings. The number of rotatable bonds is 5. The van der Waals surface area contributed by atoms with Crippen LogP contribution in [0.4, 0.5) is 0 Å². The van der Waals surface area contributed by atoms with Crippen molar-refractivity contribution in [2.75, 3.05) is 6.79 Å². The summed E-state index contributed by atoms with van der Waals surface area (Å²) in [5, 5.41) is 11.3. The molecule has 1 aliphatic heterocycles. The van der Waals surface area contributed by atoms with Gasteiger partial charge in [-0.1, -0.05) is 31.0 Å². The van der Waals surface area contributed by atoms with Crippen LogP contribution in [-0.4, -0.2) is 34.2 Å². The van der Waals surface area contributed by atoms with Crippen LogP contribution in [0.1, 0.15) is 39.0 Å². The second kappa shape index (κ2) is 7.57. The number of nitrogens with one attached hydrogen (secondary N) is 1. The molecule has 1 aromatic heterocycles. The third-order valence-corrected chi connectivity index (χ3v) is 5.56. The van der Waals surface area contributed by atoms with Gasteiger partial charge in [-0.3, -0.25) is 4.79 Å². The molecule has 0 saturated heterocycles. The lowest BCUT2D eigenvalue weighted by molar-refractivity contribution is -0.121. The largest absolute Gasteiger partial charge is 0.454 e. The van der Waals surface area contributed by atoms with Gasteiger partial charge in [-0.05, 0) is 38.0 Å². The SMILES string of the molecule is CC(Sc1nnc(-c2ccc3c(c2)OCO3)o1)C(=O)NC1CCCCC1. The summed E-state index contributed by atoms with van der Waals surface area (Å²) in [6.07, 6.45) is 5.78. The van der Waals surface area contributed by atoms with E-state index in [1.165, 1.54) is 31.0 Å². The van der Waals surface area contributed by atoms with E-state index < -0.39 is 0 Å².